The molecule has 0 fully saturated rings. The Labute approximate surface area is 96.3 Å². The van der Waals surface area contributed by atoms with Gasteiger partial charge in [0, 0.05) is 4.47 Å². The van der Waals surface area contributed by atoms with Crippen LogP contribution < -0.4 is 4.74 Å². The van der Waals surface area contributed by atoms with Gasteiger partial charge in [-0.05, 0) is 48.7 Å². The van der Waals surface area contributed by atoms with E-state index in [0.717, 1.165) is 21.3 Å². The number of rotatable bonds is 3. The molecule has 1 rings (SSSR count). The molecule has 0 saturated carbocycles. The lowest BCUT2D eigenvalue weighted by Gasteiger charge is -2.10. The fraction of sp³-hybridized carbons (Fsp3) is 0.300. The molecule has 1 aromatic carbocycles. The van der Waals surface area contributed by atoms with E-state index in [1.807, 2.05) is 26.0 Å². The largest absolute Gasteiger partial charge is 0.484 e. The molecule has 0 unspecified atom stereocenters. The van der Waals surface area contributed by atoms with Gasteiger partial charge < -0.3 is 4.74 Å². The zero-order chi connectivity index (χ0) is 10.7. The molecule has 0 heterocycles. The summed E-state index contributed by atoms with van der Waals surface area (Å²) in [5.41, 5.74) is 1.96. The van der Waals surface area contributed by atoms with E-state index < -0.39 is 5.24 Å². The Morgan fingerprint density at radius 2 is 1.93 bits per heavy atom. The highest BCUT2D eigenvalue weighted by atomic mass is 79.9. The fourth-order valence-electron chi connectivity index (χ4n) is 1.25. The number of carbonyl (C=O) groups is 1. The molecule has 0 N–H and O–H groups in total. The van der Waals surface area contributed by atoms with Gasteiger partial charge in [-0.3, -0.25) is 4.79 Å². The number of ether oxygens (including phenoxy) is 1. The lowest BCUT2D eigenvalue weighted by atomic mass is 10.1. The van der Waals surface area contributed by atoms with Crippen molar-refractivity contribution in [2.45, 2.75) is 13.8 Å². The van der Waals surface area contributed by atoms with Crippen molar-refractivity contribution in [3.05, 3.63) is 27.7 Å². The van der Waals surface area contributed by atoms with E-state index in [-0.39, 0.29) is 6.61 Å². The summed E-state index contributed by atoms with van der Waals surface area (Å²) in [6.07, 6.45) is 0. The summed E-state index contributed by atoms with van der Waals surface area (Å²) in [5.74, 6) is 0.724. The van der Waals surface area contributed by atoms with Crippen molar-refractivity contribution in [2.24, 2.45) is 0 Å². The minimum Gasteiger partial charge on any atom is -0.484 e. The smallest absolute Gasteiger partial charge is 0.259 e. The van der Waals surface area contributed by atoms with Crippen LogP contribution >= 0.6 is 27.5 Å². The van der Waals surface area contributed by atoms with Gasteiger partial charge in [0.2, 0.25) is 0 Å². The average molecular weight is 278 g/mol. The van der Waals surface area contributed by atoms with Gasteiger partial charge in [0.05, 0.1) is 0 Å². The molecule has 14 heavy (non-hydrogen) atoms. The second-order valence-electron chi connectivity index (χ2n) is 3.01. The highest BCUT2D eigenvalue weighted by Gasteiger charge is 2.06. The molecule has 0 aliphatic carbocycles. The molecule has 1 aromatic rings. The SMILES string of the molecule is Cc1cc(Br)cc(C)c1OCC(=O)Cl. The number of hydrogen-bond donors (Lipinski definition) is 0. The third-order valence-electron chi connectivity index (χ3n) is 1.76. The fourth-order valence-corrected chi connectivity index (χ4v) is 2.00. The maximum atomic E-state index is 10.5. The number of carbonyl (C=O) groups excluding carboxylic acids is 1. The lowest BCUT2D eigenvalue weighted by molar-refractivity contribution is -0.113. The van der Waals surface area contributed by atoms with Crippen molar-refractivity contribution in [3.63, 3.8) is 0 Å². The first-order chi connectivity index (χ1) is 6.50. The van der Waals surface area contributed by atoms with Crippen LogP contribution in [-0.2, 0) is 4.79 Å². The van der Waals surface area contributed by atoms with Gasteiger partial charge in [0.15, 0.2) is 6.61 Å². The van der Waals surface area contributed by atoms with Crippen LogP contribution in [0.25, 0.3) is 0 Å². The molecule has 0 radical (unpaired) electrons. The van der Waals surface area contributed by atoms with E-state index in [9.17, 15) is 4.79 Å². The van der Waals surface area contributed by atoms with Crippen molar-refractivity contribution >= 4 is 32.8 Å². The van der Waals surface area contributed by atoms with Crippen LogP contribution in [0.15, 0.2) is 16.6 Å². The number of hydrogen-bond acceptors (Lipinski definition) is 2. The first-order valence-corrected chi connectivity index (χ1v) is 5.25. The van der Waals surface area contributed by atoms with E-state index in [0.29, 0.717) is 0 Å². The molecule has 0 bridgehead atoms. The van der Waals surface area contributed by atoms with Crippen molar-refractivity contribution < 1.29 is 9.53 Å². The Kier molecular flexibility index (Phi) is 3.96. The molecule has 0 saturated heterocycles. The van der Waals surface area contributed by atoms with E-state index in [4.69, 9.17) is 16.3 Å². The van der Waals surface area contributed by atoms with Gasteiger partial charge in [-0.1, -0.05) is 15.9 Å². The van der Waals surface area contributed by atoms with Gasteiger partial charge in [0.1, 0.15) is 5.75 Å². The highest BCUT2D eigenvalue weighted by Crippen LogP contribution is 2.27. The van der Waals surface area contributed by atoms with Gasteiger partial charge in [0.25, 0.3) is 5.24 Å². The number of benzene rings is 1. The Balaban J connectivity index is 2.91. The molecule has 0 aliphatic rings. The third kappa shape index (κ3) is 3.00. The molecular formula is C10H10BrClO2. The van der Waals surface area contributed by atoms with Crippen molar-refractivity contribution in [1.29, 1.82) is 0 Å². The topological polar surface area (TPSA) is 26.3 Å². The first-order valence-electron chi connectivity index (χ1n) is 4.08. The molecule has 0 spiro atoms. The normalized spacial score (nSPS) is 10.0. The van der Waals surface area contributed by atoms with Gasteiger partial charge >= 0.3 is 0 Å². The predicted molar refractivity (Wildman–Crippen MR) is 60.0 cm³/mol. The number of halogens is 2. The van der Waals surface area contributed by atoms with Crippen LogP contribution in [0.5, 0.6) is 5.75 Å². The number of aryl methyl sites for hydroxylation is 2. The molecular weight excluding hydrogens is 267 g/mol. The van der Waals surface area contributed by atoms with E-state index in [1.54, 1.807) is 0 Å². The molecule has 76 valence electrons. The van der Waals surface area contributed by atoms with Crippen LogP contribution in [0.3, 0.4) is 0 Å². The average Bonchev–Trinajstić information content (AvgIpc) is 2.01. The quantitative estimate of drug-likeness (QED) is 0.793. The molecule has 0 amide bonds. The summed E-state index contributed by atoms with van der Waals surface area (Å²) in [7, 11) is 0. The minimum absolute atomic E-state index is 0.0924. The summed E-state index contributed by atoms with van der Waals surface area (Å²) in [6.45, 7) is 3.75. The van der Waals surface area contributed by atoms with E-state index in [1.165, 1.54) is 0 Å². The Morgan fingerprint density at radius 1 is 1.43 bits per heavy atom. The van der Waals surface area contributed by atoms with Crippen LogP contribution in [0.1, 0.15) is 11.1 Å². The summed E-state index contributed by atoms with van der Waals surface area (Å²) < 4.78 is 6.28. The summed E-state index contributed by atoms with van der Waals surface area (Å²) in [4.78, 5) is 10.5. The lowest BCUT2D eigenvalue weighted by Crippen LogP contribution is -2.06. The zero-order valence-corrected chi connectivity index (χ0v) is 10.3. The summed E-state index contributed by atoms with van der Waals surface area (Å²) in [5, 5.41) is -0.494. The van der Waals surface area contributed by atoms with E-state index in [2.05, 4.69) is 15.9 Å². The Bertz CT molecular complexity index is 340. The van der Waals surface area contributed by atoms with Gasteiger partial charge in [-0.25, -0.2) is 0 Å². The van der Waals surface area contributed by atoms with Crippen molar-refractivity contribution in [1.82, 2.24) is 0 Å². The standard InChI is InChI=1S/C10H10BrClO2/c1-6-3-8(11)4-7(2)10(6)14-5-9(12)13/h3-4H,5H2,1-2H3. The second-order valence-corrected chi connectivity index (χ2v) is 4.35. The molecule has 2 nitrogen and oxygen atoms in total. The zero-order valence-electron chi connectivity index (χ0n) is 7.93. The highest BCUT2D eigenvalue weighted by molar-refractivity contribution is 9.10. The van der Waals surface area contributed by atoms with E-state index >= 15 is 0 Å². The Morgan fingerprint density at radius 3 is 2.36 bits per heavy atom. The third-order valence-corrected chi connectivity index (χ3v) is 2.32. The molecule has 4 heteroatoms. The maximum absolute atomic E-state index is 10.5. The maximum Gasteiger partial charge on any atom is 0.259 e. The summed E-state index contributed by atoms with van der Waals surface area (Å²) >= 11 is 8.57. The Hall–Kier alpha value is -0.540. The first kappa shape index (κ1) is 11.5. The van der Waals surface area contributed by atoms with Gasteiger partial charge in [-0.2, -0.15) is 0 Å². The van der Waals surface area contributed by atoms with Crippen LogP contribution in [0, 0.1) is 13.8 Å². The molecule has 0 aliphatic heterocycles. The van der Waals surface area contributed by atoms with Crippen LogP contribution in [-0.4, -0.2) is 11.8 Å². The van der Waals surface area contributed by atoms with Crippen LogP contribution in [0.4, 0.5) is 0 Å². The van der Waals surface area contributed by atoms with Crippen molar-refractivity contribution in [3.8, 4) is 5.75 Å². The monoisotopic (exact) mass is 276 g/mol. The van der Waals surface area contributed by atoms with Gasteiger partial charge in [-0.15, -0.1) is 0 Å². The van der Waals surface area contributed by atoms with Crippen molar-refractivity contribution in [2.75, 3.05) is 6.61 Å². The summed E-state index contributed by atoms with van der Waals surface area (Å²) in [6, 6.07) is 3.86. The van der Waals surface area contributed by atoms with Crippen LogP contribution in [0.2, 0.25) is 0 Å². The minimum atomic E-state index is -0.494. The molecule has 0 atom stereocenters. The predicted octanol–water partition coefficient (Wildman–Crippen LogP) is 3.21. The molecule has 0 aromatic heterocycles. The second kappa shape index (κ2) is 4.80.